The molecule has 8 nitrogen and oxygen atoms in total. The Bertz CT molecular complexity index is 752. The van der Waals surface area contributed by atoms with E-state index in [2.05, 4.69) is 37.2 Å². The number of hydrogen-bond acceptors (Lipinski definition) is 7. The number of nitrogens with zero attached hydrogens (tertiary/aromatic N) is 5. The van der Waals surface area contributed by atoms with E-state index in [1.807, 2.05) is 0 Å². The molecule has 134 valence electrons. The van der Waals surface area contributed by atoms with E-state index in [4.69, 9.17) is 9.26 Å². The van der Waals surface area contributed by atoms with Gasteiger partial charge in [-0.15, -0.1) is 0 Å². The largest absolute Gasteiger partial charge is 0.376 e. The average Bonchev–Trinajstić information content (AvgIpc) is 3.23. The highest BCUT2D eigenvalue weighted by Gasteiger charge is 2.34. The molecule has 1 saturated carbocycles. The Morgan fingerprint density at radius 3 is 3.08 bits per heavy atom. The maximum atomic E-state index is 5.60. The lowest BCUT2D eigenvalue weighted by molar-refractivity contribution is 0.0692. The van der Waals surface area contributed by atoms with Crippen LogP contribution in [0.15, 0.2) is 4.52 Å². The zero-order chi connectivity index (χ0) is 16.8. The summed E-state index contributed by atoms with van der Waals surface area (Å²) in [5.41, 5.74) is 3.59. The van der Waals surface area contributed by atoms with Gasteiger partial charge in [0.1, 0.15) is 6.04 Å². The summed E-state index contributed by atoms with van der Waals surface area (Å²) in [4.78, 5) is 9.40. The molecule has 0 aromatic carbocycles. The molecule has 4 heterocycles. The van der Waals surface area contributed by atoms with E-state index in [0.29, 0.717) is 12.5 Å². The van der Waals surface area contributed by atoms with Crippen LogP contribution in [0.1, 0.15) is 53.5 Å². The predicted octanol–water partition coefficient (Wildman–Crippen LogP) is 1.23. The third-order valence-corrected chi connectivity index (χ3v) is 5.57. The summed E-state index contributed by atoms with van der Waals surface area (Å²) in [6.07, 6.45) is 3.31. The molecule has 8 heteroatoms. The van der Waals surface area contributed by atoms with Gasteiger partial charge in [0.2, 0.25) is 5.89 Å². The number of aromatic amines is 1. The minimum absolute atomic E-state index is 0.153. The average molecular weight is 344 g/mol. The van der Waals surface area contributed by atoms with Crippen LogP contribution in [0.3, 0.4) is 0 Å². The Kier molecular flexibility index (Phi) is 3.83. The molecule has 1 N–H and O–H groups in total. The molecule has 2 aromatic rings. The number of H-pyrrole nitrogens is 1. The van der Waals surface area contributed by atoms with E-state index in [-0.39, 0.29) is 6.04 Å². The van der Waals surface area contributed by atoms with E-state index >= 15 is 0 Å². The van der Waals surface area contributed by atoms with Crippen LogP contribution in [0.4, 0.5) is 0 Å². The Morgan fingerprint density at radius 2 is 2.20 bits per heavy atom. The van der Waals surface area contributed by atoms with Crippen molar-refractivity contribution in [1.82, 2.24) is 30.1 Å². The number of ether oxygens (including phenoxy) is 1. The first-order valence-corrected chi connectivity index (χ1v) is 9.17. The van der Waals surface area contributed by atoms with E-state index in [1.165, 1.54) is 24.1 Å². The number of likely N-dealkylation sites (N-methyl/N-ethyl adjacent to an activating group) is 1. The van der Waals surface area contributed by atoms with Crippen molar-refractivity contribution in [3.63, 3.8) is 0 Å². The van der Waals surface area contributed by atoms with E-state index in [1.54, 1.807) is 0 Å². The fraction of sp³-hybridized carbons (Fsp3) is 0.706. The fourth-order valence-corrected chi connectivity index (χ4v) is 3.74. The van der Waals surface area contributed by atoms with Gasteiger partial charge >= 0.3 is 0 Å². The van der Waals surface area contributed by atoms with Crippen molar-refractivity contribution in [2.45, 2.75) is 44.4 Å². The van der Waals surface area contributed by atoms with Crippen molar-refractivity contribution < 1.29 is 9.26 Å². The molecule has 1 aliphatic carbocycles. The first-order valence-electron chi connectivity index (χ1n) is 9.17. The van der Waals surface area contributed by atoms with Gasteiger partial charge in [0.15, 0.2) is 5.82 Å². The van der Waals surface area contributed by atoms with Crippen LogP contribution in [0.2, 0.25) is 0 Å². The second-order valence-corrected chi connectivity index (χ2v) is 7.43. The molecule has 25 heavy (non-hydrogen) atoms. The topological polar surface area (TPSA) is 83.3 Å². The normalized spacial score (nSPS) is 25.2. The lowest BCUT2D eigenvalue weighted by atomic mass is 10.1. The predicted molar refractivity (Wildman–Crippen MR) is 88.9 cm³/mol. The maximum absolute atomic E-state index is 5.60. The molecule has 5 rings (SSSR count). The quantitative estimate of drug-likeness (QED) is 0.893. The number of nitrogens with one attached hydrogen (secondary N) is 1. The Hall–Kier alpha value is -1.77. The fourth-order valence-electron chi connectivity index (χ4n) is 3.74. The van der Waals surface area contributed by atoms with Crippen LogP contribution in [0.25, 0.3) is 0 Å². The van der Waals surface area contributed by atoms with Gasteiger partial charge in [-0.25, -0.2) is 0 Å². The molecular formula is C17H24N6O2. The molecule has 2 aliphatic heterocycles. The zero-order valence-electron chi connectivity index (χ0n) is 14.6. The van der Waals surface area contributed by atoms with Gasteiger partial charge in [0.05, 0.1) is 18.9 Å². The van der Waals surface area contributed by atoms with Crippen LogP contribution in [0, 0.1) is 0 Å². The molecule has 2 fully saturated rings. The third-order valence-electron chi connectivity index (χ3n) is 5.57. The second kappa shape index (κ2) is 6.19. The lowest BCUT2D eigenvalue weighted by Gasteiger charge is -2.37. The molecule has 3 aliphatic rings. The Morgan fingerprint density at radius 1 is 1.28 bits per heavy atom. The minimum atomic E-state index is 0.153. The van der Waals surface area contributed by atoms with E-state index < -0.39 is 0 Å². The van der Waals surface area contributed by atoms with Gasteiger partial charge < -0.3 is 9.26 Å². The van der Waals surface area contributed by atoms with Crippen molar-refractivity contribution in [2.75, 3.05) is 33.3 Å². The van der Waals surface area contributed by atoms with Crippen molar-refractivity contribution in [3.05, 3.63) is 28.7 Å². The summed E-state index contributed by atoms with van der Waals surface area (Å²) in [5, 5.41) is 11.9. The first kappa shape index (κ1) is 15.5. The van der Waals surface area contributed by atoms with Crippen LogP contribution in [-0.4, -0.2) is 63.4 Å². The summed E-state index contributed by atoms with van der Waals surface area (Å²) >= 11 is 0. The smallest absolute Gasteiger partial charge is 0.245 e. The highest BCUT2D eigenvalue weighted by molar-refractivity contribution is 5.26. The monoisotopic (exact) mass is 344 g/mol. The number of piperazine rings is 1. The van der Waals surface area contributed by atoms with Crippen molar-refractivity contribution in [1.29, 1.82) is 0 Å². The maximum Gasteiger partial charge on any atom is 0.245 e. The minimum Gasteiger partial charge on any atom is -0.376 e. The summed E-state index contributed by atoms with van der Waals surface area (Å²) in [5.74, 6) is 2.17. The van der Waals surface area contributed by atoms with Gasteiger partial charge in [0, 0.05) is 49.8 Å². The van der Waals surface area contributed by atoms with Crippen molar-refractivity contribution in [2.24, 2.45) is 0 Å². The standard InChI is InChI=1S/C17H24N6O2/c1-22-5-6-23(8-14-12-10-24-7-4-13(12)19-20-14)9-15(22)17-18-16(21-25-17)11-2-3-11/h11,15H,2-10H2,1H3,(H,19,20). The molecule has 0 amide bonds. The van der Waals surface area contributed by atoms with Crippen LogP contribution < -0.4 is 0 Å². The van der Waals surface area contributed by atoms with Gasteiger partial charge in [-0.1, -0.05) is 5.16 Å². The highest BCUT2D eigenvalue weighted by atomic mass is 16.5. The molecule has 1 saturated heterocycles. The highest BCUT2D eigenvalue weighted by Crippen LogP contribution is 2.39. The molecule has 0 radical (unpaired) electrons. The van der Waals surface area contributed by atoms with Gasteiger partial charge in [-0.05, 0) is 19.9 Å². The molecule has 1 atom stereocenters. The number of fused-ring (bicyclic) bond motifs is 1. The molecule has 0 bridgehead atoms. The van der Waals surface area contributed by atoms with Crippen LogP contribution in [0.5, 0.6) is 0 Å². The molecule has 2 aromatic heterocycles. The van der Waals surface area contributed by atoms with Gasteiger partial charge in [-0.2, -0.15) is 10.1 Å². The van der Waals surface area contributed by atoms with E-state index in [9.17, 15) is 0 Å². The zero-order valence-corrected chi connectivity index (χ0v) is 14.6. The van der Waals surface area contributed by atoms with Crippen molar-refractivity contribution >= 4 is 0 Å². The number of rotatable bonds is 4. The molecule has 0 spiro atoms. The van der Waals surface area contributed by atoms with Gasteiger partial charge in [-0.3, -0.25) is 14.9 Å². The number of hydrogen-bond donors (Lipinski definition) is 1. The SMILES string of the molecule is CN1CCN(Cc2n[nH]c3c2COCC3)CC1c1nc(C2CC2)no1. The lowest BCUT2D eigenvalue weighted by Crippen LogP contribution is -2.46. The summed E-state index contributed by atoms with van der Waals surface area (Å²) in [6, 6.07) is 0.153. The summed E-state index contributed by atoms with van der Waals surface area (Å²) in [6.45, 7) is 5.17. The van der Waals surface area contributed by atoms with Crippen LogP contribution in [-0.2, 0) is 24.3 Å². The van der Waals surface area contributed by atoms with Gasteiger partial charge in [0.25, 0.3) is 0 Å². The van der Waals surface area contributed by atoms with Crippen molar-refractivity contribution in [3.8, 4) is 0 Å². The second-order valence-electron chi connectivity index (χ2n) is 7.43. The van der Waals surface area contributed by atoms with Crippen LogP contribution >= 0.6 is 0 Å². The molecular weight excluding hydrogens is 320 g/mol. The molecule has 1 unspecified atom stereocenters. The Labute approximate surface area is 146 Å². The summed E-state index contributed by atoms with van der Waals surface area (Å²) in [7, 11) is 2.13. The Balaban J connectivity index is 1.30. The first-order chi connectivity index (χ1) is 12.3. The van der Waals surface area contributed by atoms with E-state index in [0.717, 1.165) is 56.6 Å². The number of aromatic nitrogens is 4. The third kappa shape index (κ3) is 2.98. The summed E-state index contributed by atoms with van der Waals surface area (Å²) < 4.78 is 11.2.